The summed E-state index contributed by atoms with van der Waals surface area (Å²) in [6.45, 7) is 1.26. The van der Waals surface area contributed by atoms with E-state index in [2.05, 4.69) is 20.6 Å². The van der Waals surface area contributed by atoms with Gasteiger partial charge in [0.15, 0.2) is 11.5 Å². The van der Waals surface area contributed by atoms with Gasteiger partial charge in [-0.3, -0.25) is 9.36 Å². The van der Waals surface area contributed by atoms with Crippen LogP contribution in [0.2, 0.25) is 5.02 Å². The first-order chi connectivity index (χ1) is 16.4. The van der Waals surface area contributed by atoms with Gasteiger partial charge >= 0.3 is 0 Å². The molecule has 5 rings (SSSR count). The maximum Gasteiger partial charge on any atom is 0.225 e. The molecule has 0 unspecified atom stereocenters. The molecule has 0 bridgehead atoms. The molecule has 1 atom stereocenters. The van der Waals surface area contributed by atoms with Crippen LogP contribution in [0.5, 0.6) is 0 Å². The fourth-order valence-electron chi connectivity index (χ4n) is 4.62. The highest BCUT2D eigenvalue weighted by molar-refractivity contribution is 6.33. The Morgan fingerprint density at radius 1 is 1.18 bits per heavy atom. The van der Waals surface area contributed by atoms with E-state index in [1.807, 2.05) is 4.57 Å². The standard InChI is InChI=1S/C22H24ClF2N7O2/c23-15-7-12(24)8-16(25)18(15)30-22-29-17-9-27-21(28-13-5-6-34-10-13)31-20(17)32(22)14-3-1-11(2-4-14)19(26)33/h7-9,11,13-14H,1-6,10H2,(H2,26,33)(H,29,30)(H,27,28,31)/t11-,13-,14+/m0/s1. The Morgan fingerprint density at radius 3 is 2.65 bits per heavy atom. The molecule has 1 saturated heterocycles. The molecule has 1 aliphatic carbocycles. The van der Waals surface area contributed by atoms with Crippen molar-refractivity contribution in [2.45, 2.75) is 44.2 Å². The molecule has 3 heterocycles. The minimum absolute atomic E-state index is 0.0667. The molecule has 1 aliphatic heterocycles. The molecule has 1 saturated carbocycles. The van der Waals surface area contributed by atoms with Gasteiger partial charge < -0.3 is 21.1 Å². The molecule has 1 amide bonds. The highest BCUT2D eigenvalue weighted by Crippen LogP contribution is 2.38. The number of rotatable bonds is 6. The molecule has 1 aromatic carbocycles. The van der Waals surface area contributed by atoms with Crippen molar-refractivity contribution < 1.29 is 18.3 Å². The van der Waals surface area contributed by atoms with Crippen LogP contribution < -0.4 is 16.4 Å². The van der Waals surface area contributed by atoms with Crippen molar-refractivity contribution in [2.24, 2.45) is 11.7 Å². The van der Waals surface area contributed by atoms with Crippen molar-refractivity contribution in [3.8, 4) is 0 Å². The van der Waals surface area contributed by atoms with E-state index in [1.54, 1.807) is 6.20 Å². The van der Waals surface area contributed by atoms with Crippen molar-refractivity contribution in [3.05, 3.63) is 35.0 Å². The smallest absolute Gasteiger partial charge is 0.225 e. The first-order valence-corrected chi connectivity index (χ1v) is 11.6. The Balaban J connectivity index is 1.54. The number of amides is 1. The number of anilines is 3. The number of imidazole rings is 1. The lowest BCUT2D eigenvalue weighted by atomic mass is 9.85. The van der Waals surface area contributed by atoms with Crippen LogP contribution in [-0.2, 0) is 9.53 Å². The summed E-state index contributed by atoms with van der Waals surface area (Å²) < 4.78 is 35.4. The number of ether oxygens (including phenoxy) is 1. The quantitative estimate of drug-likeness (QED) is 0.478. The minimum Gasteiger partial charge on any atom is -0.379 e. The normalized spacial score (nSPS) is 22.7. The van der Waals surface area contributed by atoms with Crippen molar-refractivity contribution in [1.29, 1.82) is 0 Å². The highest BCUT2D eigenvalue weighted by atomic mass is 35.5. The molecule has 2 fully saturated rings. The van der Waals surface area contributed by atoms with E-state index in [-0.39, 0.29) is 34.6 Å². The number of aromatic nitrogens is 4. The number of carbonyl (C=O) groups excluding carboxylic acids is 1. The lowest BCUT2D eigenvalue weighted by molar-refractivity contribution is -0.122. The summed E-state index contributed by atoms with van der Waals surface area (Å²) in [4.78, 5) is 25.3. The zero-order chi connectivity index (χ0) is 23.8. The van der Waals surface area contributed by atoms with E-state index >= 15 is 0 Å². The third-order valence-electron chi connectivity index (χ3n) is 6.40. The Hall–Kier alpha value is -3.05. The van der Waals surface area contributed by atoms with E-state index in [9.17, 15) is 13.6 Å². The zero-order valence-corrected chi connectivity index (χ0v) is 19.0. The topological polar surface area (TPSA) is 120 Å². The number of nitrogens with two attached hydrogens (primary N) is 1. The number of carbonyl (C=O) groups is 1. The third-order valence-corrected chi connectivity index (χ3v) is 6.70. The number of primary amides is 1. The first-order valence-electron chi connectivity index (χ1n) is 11.2. The Morgan fingerprint density at radius 2 is 1.97 bits per heavy atom. The van der Waals surface area contributed by atoms with Gasteiger partial charge in [-0.2, -0.15) is 4.98 Å². The maximum atomic E-state index is 14.5. The lowest BCUT2D eigenvalue weighted by Gasteiger charge is -2.29. The van der Waals surface area contributed by atoms with Gasteiger partial charge in [0.25, 0.3) is 0 Å². The average Bonchev–Trinajstić information content (AvgIpc) is 3.43. The summed E-state index contributed by atoms with van der Waals surface area (Å²) in [7, 11) is 0. The average molecular weight is 492 g/mol. The van der Waals surface area contributed by atoms with Crippen LogP contribution in [0.4, 0.5) is 26.4 Å². The SMILES string of the molecule is NC(=O)[C@H]1CC[C@@H](n2c(Nc3c(F)cc(F)cc3Cl)nc3cnc(N[C@H]4CCOC4)nc32)CC1. The molecule has 34 heavy (non-hydrogen) atoms. The van der Waals surface area contributed by atoms with E-state index in [0.717, 1.165) is 18.6 Å². The fraction of sp³-hybridized carbons (Fsp3) is 0.455. The maximum absolute atomic E-state index is 14.5. The second-order valence-electron chi connectivity index (χ2n) is 8.69. The monoisotopic (exact) mass is 491 g/mol. The summed E-state index contributed by atoms with van der Waals surface area (Å²) in [5.41, 5.74) is 6.48. The van der Waals surface area contributed by atoms with Gasteiger partial charge in [0.1, 0.15) is 11.3 Å². The lowest BCUT2D eigenvalue weighted by Crippen LogP contribution is -2.29. The van der Waals surface area contributed by atoms with Crippen molar-refractivity contribution in [2.75, 3.05) is 23.8 Å². The second kappa shape index (κ2) is 9.30. The summed E-state index contributed by atoms with van der Waals surface area (Å²) in [5.74, 6) is -1.35. The number of halogens is 3. The number of hydrogen-bond donors (Lipinski definition) is 3. The van der Waals surface area contributed by atoms with E-state index < -0.39 is 11.6 Å². The molecule has 9 nitrogen and oxygen atoms in total. The predicted molar refractivity (Wildman–Crippen MR) is 123 cm³/mol. The highest BCUT2D eigenvalue weighted by Gasteiger charge is 2.30. The van der Waals surface area contributed by atoms with Crippen LogP contribution in [-0.4, -0.2) is 44.7 Å². The fourth-order valence-corrected chi connectivity index (χ4v) is 4.86. The summed E-state index contributed by atoms with van der Waals surface area (Å²) >= 11 is 6.12. The molecule has 12 heteroatoms. The number of nitrogens with zero attached hydrogens (tertiary/aromatic N) is 4. The predicted octanol–water partition coefficient (Wildman–Crippen LogP) is 3.92. The number of nitrogens with one attached hydrogen (secondary N) is 2. The molecule has 2 aromatic heterocycles. The van der Waals surface area contributed by atoms with Gasteiger partial charge in [0.05, 0.1) is 29.6 Å². The van der Waals surface area contributed by atoms with Gasteiger partial charge in [-0.15, -0.1) is 0 Å². The molecule has 4 N–H and O–H groups in total. The van der Waals surface area contributed by atoms with Gasteiger partial charge in [-0.25, -0.2) is 18.7 Å². The molecule has 3 aromatic rings. The molecule has 2 aliphatic rings. The van der Waals surface area contributed by atoms with Crippen LogP contribution in [0.3, 0.4) is 0 Å². The van der Waals surface area contributed by atoms with E-state index in [1.165, 1.54) is 0 Å². The van der Waals surface area contributed by atoms with Gasteiger partial charge in [-0.05, 0) is 38.2 Å². The Labute approximate surface area is 199 Å². The number of benzene rings is 1. The van der Waals surface area contributed by atoms with Gasteiger partial charge in [0.2, 0.25) is 17.8 Å². The summed E-state index contributed by atoms with van der Waals surface area (Å²) in [6.07, 6.45) is 5.03. The molecule has 180 valence electrons. The largest absolute Gasteiger partial charge is 0.379 e. The molecule has 0 radical (unpaired) electrons. The first kappa shape index (κ1) is 22.7. The van der Waals surface area contributed by atoms with E-state index in [0.29, 0.717) is 62.0 Å². The number of fused-ring (bicyclic) bond motifs is 1. The summed E-state index contributed by atoms with van der Waals surface area (Å²) in [6, 6.07) is 1.83. The van der Waals surface area contributed by atoms with Crippen LogP contribution in [0, 0.1) is 17.6 Å². The molecular weight excluding hydrogens is 468 g/mol. The Bertz CT molecular complexity index is 1200. The van der Waals surface area contributed by atoms with Crippen LogP contribution >= 0.6 is 11.6 Å². The van der Waals surface area contributed by atoms with Crippen LogP contribution in [0.1, 0.15) is 38.1 Å². The van der Waals surface area contributed by atoms with Crippen molar-refractivity contribution in [3.63, 3.8) is 0 Å². The zero-order valence-electron chi connectivity index (χ0n) is 18.2. The summed E-state index contributed by atoms with van der Waals surface area (Å²) in [5, 5.41) is 6.10. The van der Waals surface area contributed by atoms with Crippen molar-refractivity contribution in [1.82, 2.24) is 19.5 Å². The van der Waals surface area contributed by atoms with Gasteiger partial charge in [-0.1, -0.05) is 11.6 Å². The molecule has 0 spiro atoms. The van der Waals surface area contributed by atoms with Crippen molar-refractivity contribution >= 4 is 46.3 Å². The van der Waals surface area contributed by atoms with Gasteiger partial charge in [0, 0.05) is 24.6 Å². The second-order valence-corrected chi connectivity index (χ2v) is 9.10. The van der Waals surface area contributed by atoms with E-state index in [4.69, 9.17) is 27.1 Å². The Kier molecular flexibility index (Phi) is 6.22. The number of hydrogen-bond acceptors (Lipinski definition) is 7. The van der Waals surface area contributed by atoms with Crippen LogP contribution in [0.25, 0.3) is 11.2 Å². The van der Waals surface area contributed by atoms with Crippen LogP contribution in [0.15, 0.2) is 18.3 Å². The molecular formula is C22H24ClF2N7O2. The minimum atomic E-state index is -0.837. The third kappa shape index (κ3) is 4.49.